The number of anilines is 6. The second kappa shape index (κ2) is 19.7. The molecule has 0 saturated carbocycles. The third-order valence-electron chi connectivity index (χ3n) is 17.6. The Morgan fingerprint density at radius 3 is 1.47 bits per heavy atom. The van der Waals surface area contributed by atoms with E-state index in [1.807, 2.05) is 109 Å². The van der Waals surface area contributed by atoms with Gasteiger partial charge in [0.1, 0.15) is 11.6 Å². The maximum Gasteiger partial charge on any atom is 0.252 e. The van der Waals surface area contributed by atoms with E-state index in [-0.39, 0.29) is 44.9 Å². The van der Waals surface area contributed by atoms with Gasteiger partial charge in [0, 0.05) is 61.1 Å². The van der Waals surface area contributed by atoms with Crippen LogP contribution >= 0.6 is 0 Å². The predicted octanol–water partition coefficient (Wildman–Crippen LogP) is 19.4. The van der Waals surface area contributed by atoms with E-state index in [9.17, 15) is 13.5 Å². The van der Waals surface area contributed by atoms with Crippen molar-refractivity contribution >= 4 is 101 Å². The summed E-state index contributed by atoms with van der Waals surface area (Å²) in [6.45, 7) is 12.3. The molecule has 2 aliphatic heterocycles. The average molecular weight is 1130 g/mol. The molecule has 0 amide bonds. The first-order valence-corrected chi connectivity index (χ1v) is 29.3. The van der Waals surface area contributed by atoms with Gasteiger partial charge in [0.25, 0.3) is 6.71 Å². The third-order valence-corrected chi connectivity index (χ3v) is 17.6. The van der Waals surface area contributed by atoms with E-state index in [1.54, 1.807) is 10.6 Å². The molecular weight excluding hydrogens is 1050 g/mol. The molecule has 14 aromatic rings. The minimum Gasteiger partial charge on any atom is -0.310 e. The fraction of sp³-hybridized carbons (Fsp3) is 0.0988. The van der Waals surface area contributed by atoms with E-state index in [4.69, 9.17) is 9.60 Å². The summed E-state index contributed by atoms with van der Waals surface area (Å²) in [6, 6.07) is 59.4. The van der Waals surface area contributed by atoms with Crippen molar-refractivity contribution in [2.75, 3.05) is 9.80 Å². The summed E-state index contributed by atoms with van der Waals surface area (Å²) in [5, 5.41) is 14.0. The zero-order chi connectivity index (χ0) is 70.2. The first-order valence-electron chi connectivity index (χ1n) is 35.8. The number of hydrogen-bond acceptors (Lipinski definition) is 3. The van der Waals surface area contributed by atoms with Crippen LogP contribution in [0.1, 0.15) is 76.1 Å². The quantitative estimate of drug-likeness (QED) is 0.149. The zero-order valence-corrected chi connectivity index (χ0v) is 48.7. The van der Waals surface area contributed by atoms with E-state index in [0.717, 1.165) is 82.9 Å². The lowest BCUT2D eigenvalue weighted by Gasteiger charge is -2.46. The van der Waals surface area contributed by atoms with Crippen molar-refractivity contribution in [3.05, 3.63) is 283 Å². The van der Waals surface area contributed by atoms with Gasteiger partial charge in [0.2, 0.25) is 0 Å². The molecular formula is C81H62BN5. The van der Waals surface area contributed by atoms with Crippen molar-refractivity contribution in [1.82, 2.24) is 9.13 Å². The fourth-order valence-corrected chi connectivity index (χ4v) is 13.5. The molecule has 4 heterocycles. The standard InChI is InChI=1S/C81H62BN5/c1-80(2,3)56-46-63(53-27-12-8-13-28-53)79(64(47-56)54-29-14-9-15-30-54)87-75-50-58(84-68-35-20-16-31-59(68)60-32-17-21-36-69(60)84)42-44-67(75)82-66-43-41-55(52-25-10-7-11-26-52)45-74(66)86(76-48-57(81(4,5)6)49-77(87)78(76)82)73-40-24-39-72(65(73)51-83)85-70-37-22-18-33-61(70)62-34-19-23-38-71(62)85/h7-50H,1-6H3/i7D,10D,11D,16D,17D,20D,21D,25D,26D,31D,32D,35D,36D. The largest absolute Gasteiger partial charge is 0.310 e. The number of nitriles is 1. The van der Waals surface area contributed by atoms with Crippen LogP contribution in [-0.2, 0) is 10.8 Å². The molecule has 0 radical (unpaired) electrons. The second-order valence-corrected chi connectivity index (χ2v) is 24.6. The van der Waals surface area contributed by atoms with Gasteiger partial charge in [-0.1, -0.05) is 229 Å². The second-order valence-electron chi connectivity index (χ2n) is 24.6. The van der Waals surface area contributed by atoms with Crippen molar-refractivity contribution in [2.24, 2.45) is 0 Å². The molecule has 2 aromatic heterocycles. The Kier molecular flexibility index (Phi) is 9.04. The molecule has 0 spiro atoms. The Morgan fingerprint density at radius 1 is 0.379 bits per heavy atom. The normalized spacial score (nSPS) is 15.0. The highest BCUT2D eigenvalue weighted by molar-refractivity contribution is 7.00. The summed E-state index contributed by atoms with van der Waals surface area (Å²) >= 11 is 0. The van der Waals surface area contributed by atoms with Crippen LogP contribution in [0.4, 0.5) is 34.1 Å². The Bertz CT molecular complexity index is 5750. The van der Waals surface area contributed by atoms with Crippen LogP contribution in [-0.4, -0.2) is 15.8 Å². The molecule has 2 aliphatic rings. The van der Waals surface area contributed by atoms with E-state index < -0.39 is 78.6 Å². The highest BCUT2D eigenvalue weighted by atomic mass is 15.2. The molecule has 5 nitrogen and oxygen atoms in total. The highest BCUT2D eigenvalue weighted by Gasteiger charge is 2.46. The molecule has 0 fully saturated rings. The van der Waals surface area contributed by atoms with Crippen molar-refractivity contribution in [3.8, 4) is 50.8 Å². The number of fused-ring (bicyclic) bond motifs is 10. The molecule has 0 atom stereocenters. The van der Waals surface area contributed by atoms with Gasteiger partial charge < -0.3 is 18.9 Å². The van der Waals surface area contributed by atoms with Crippen molar-refractivity contribution in [2.45, 2.75) is 52.4 Å². The van der Waals surface area contributed by atoms with Crippen LogP contribution < -0.4 is 26.2 Å². The molecule has 0 saturated heterocycles. The maximum absolute atomic E-state index is 12.2. The van der Waals surface area contributed by atoms with Crippen LogP contribution in [0.5, 0.6) is 0 Å². The van der Waals surface area contributed by atoms with Gasteiger partial charge in [-0.2, -0.15) is 5.26 Å². The third kappa shape index (κ3) is 8.14. The topological polar surface area (TPSA) is 40.1 Å². The summed E-state index contributed by atoms with van der Waals surface area (Å²) in [5.74, 6) is 0. The number of hydrogen-bond donors (Lipinski definition) is 0. The van der Waals surface area contributed by atoms with Gasteiger partial charge >= 0.3 is 0 Å². The molecule has 0 bridgehead atoms. The van der Waals surface area contributed by atoms with Crippen LogP contribution in [0.25, 0.3) is 88.4 Å². The zero-order valence-electron chi connectivity index (χ0n) is 61.7. The Hall–Kier alpha value is -10.6. The number of benzene rings is 12. The van der Waals surface area contributed by atoms with Gasteiger partial charge in [0.15, 0.2) is 0 Å². The molecule has 16 rings (SSSR count). The van der Waals surface area contributed by atoms with Crippen molar-refractivity contribution in [3.63, 3.8) is 0 Å². The van der Waals surface area contributed by atoms with Crippen LogP contribution in [0, 0.1) is 11.3 Å². The summed E-state index contributed by atoms with van der Waals surface area (Å²) in [4.78, 5) is 4.41. The van der Waals surface area contributed by atoms with Gasteiger partial charge in [-0.05, 0) is 139 Å². The predicted molar refractivity (Wildman–Crippen MR) is 368 cm³/mol. The summed E-state index contributed by atoms with van der Waals surface area (Å²) in [5.41, 5.74) is 14.0. The van der Waals surface area contributed by atoms with Gasteiger partial charge in [-0.3, -0.25) is 0 Å². The Labute approximate surface area is 527 Å². The number of para-hydroxylation sites is 4. The van der Waals surface area contributed by atoms with Crippen molar-refractivity contribution < 1.29 is 17.8 Å². The lowest BCUT2D eigenvalue weighted by Crippen LogP contribution is -2.61. The molecule has 12 aromatic carbocycles. The van der Waals surface area contributed by atoms with Crippen LogP contribution in [0.3, 0.4) is 0 Å². The molecule has 87 heavy (non-hydrogen) atoms. The number of nitrogens with zero attached hydrogens (tertiary/aromatic N) is 5. The molecule has 6 heteroatoms. The van der Waals surface area contributed by atoms with Gasteiger partial charge in [0.05, 0.1) is 56.9 Å². The first kappa shape index (κ1) is 39.8. The summed E-state index contributed by atoms with van der Waals surface area (Å²) < 4.78 is 124. The number of aromatic nitrogens is 2. The van der Waals surface area contributed by atoms with E-state index in [1.165, 1.54) is 0 Å². The minimum atomic E-state index is -0.701. The van der Waals surface area contributed by atoms with E-state index >= 15 is 0 Å². The molecule has 0 unspecified atom stereocenters. The monoisotopic (exact) mass is 1130 g/mol. The lowest BCUT2D eigenvalue weighted by atomic mass is 9.33. The van der Waals surface area contributed by atoms with Crippen molar-refractivity contribution in [1.29, 1.82) is 5.26 Å². The average Bonchev–Trinajstić information content (AvgIpc) is 0.842. The van der Waals surface area contributed by atoms with Gasteiger partial charge in [-0.25, -0.2) is 0 Å². The van der Waals surface area contributed by atoms with Gasteiger partial charge in [-0.15, -0.1) is 0 Å². The molecule has 414 valence electrons. The summed E-state index contributed by atoms with van der Waals surface area (Å²) in [6.07, 6.45) is 0. The SMILES string of the molecule is [2H]c1c([2H])c([2H])c(-c2ccc3c(c2)N(c2cccc(-n4c5ccccc5c5ccccc54)c2C#N)c2cc(C(C)(C)C)cc4c2B3c2ccc(-n3c5c([2H])c([2H])c([2H])c([2H])c5c5c([2H])c([2H])c([2H])c([2H])c53)cc2N4c2c(-c3ccccc3)cc(C(C)(C)C)cc2-c2ccccc2)c([2H])c1[2H]. The lowest BCUT2D eigenvalue weighted by molar-refractivity contribution is 0.590. The smallest absolute Gasteiger partial charge is 0.252 e. The Morgan fingerprint density at radius 2 is 0.885 bits per heavy atom. The highest BCUT2D eigenvalue weighted by Crippen LogP contribution is 2.53. The summed E-state index contributed by atoms with van der Waals surface area (Å²) in [7, 11) is 0. The number of rotatable bonds is 7. The van der Waals surface area contributed by atoms with E-state index in [0.29, 0.717) is 45.3 Å². The van der Waals surface area contributed by atoms with E-state index in [2.05, 4.69) is 135 Å². The first-order chi connectivity index (χ1) is 47.8. The van der Waals surface area contributed by atoms with Crippen LogP contribution in [0.2, 0.25) is 0 Å². The molecule has 0 N–H and O–H groups in total. The minimum absolute atomic E-state index is 0.00853. The fourth-order valence-electron chi connectivity index (χ4n) is 13.5. The molecule has 0 aliphatic carbocycles. The van der Waals surface area contributed by atoms with Crippen LogP contribution in [0.15, 0.2) is 267 Å². The maximum atomic E-state index is 12.2. The Balaban J connectivity index is 1.10.